The van der Waals surface area contributed by atoms with Crippen LogP contribution in [0.1, 0.15) is 66.9 Å². The van der Waals surface area contributed by atoms with Crippen LogP contribution in [0.3, 0.4) is 0 Å². The third-order valence-corrected chi connectivity index (χ3v) is 7.19. The van der Waals surface area contributed by atoms with Gasteiger partial charge in [0, 0.05) is 30.1 Å². The summed E-state index contributed by atoms with van der Waals surface area (Å²) in [4.78, 5) is 41.6. The number of aliphatic carboxylic acids is 1. The van der Waals surface area contributed by atoms with E-state index in [9.17, 15) is 18.8 Å². The Hall–Kier alpha value is -3.22. The van der Waals surface area contributed by atoms with Crippen molar-refractivity contribution in [1.82, 2.24) is 4.90 Å². The van der Waals surface area contributed by atoms with E-state index >= 15 is 0 Å². The van der Waals surface area contributed by atoms with Crippen molar-refractivity contribution < 1.29 is 23.9 Å². The molecule has 6 nitrogen and oxygen atoms in total. The molecule has 0 saturated heterocycles. The van der Waals surface area contributed by atoms with Crippen molar-refractivity contribution in [2.45, 2.75) is 63.1 Å². The zero-order chi connectivity index (χ0) is 23.1. The molecule has 2 amide bonds. The summed E-state index contributed by atoms with van der Waals surface area (Å²) in [6.07, 6.45) is 4.17. The van der Waals surface area contributed by atoms with E-state index in [0.717, 1.165) is 43.4 Å². The molecule has 1 aliphatic heterocycles. The second-order valence-electron chi connectivity index (χ2n) is 9.25. The number of rotatable bonds is 6. The van der Waals surface area contributed by atoms with Gasteiger partial charge in [-0.1, -0.05) is 36.8 Å². The van der Waals surface area contributed by atoms with Gasteiger partial charge in [-0.15, -0.1) is 0 Å². The number of para-hydroxylation sites is 1. The minimum absolute atomic E-state index is 0.0280. The van der Waals surface area contributed by atoms with Crippen LogP contribution in [-0.2, 0) is 9.59 Å². The molecule has 5 rings (SSSR count). The first kappa shape index (κ1) is 21.6. The highest BCUT2D eigenvalue weighted by molar-refractivity contribution is 6.07. The van der Waals surface area contributed by atoms with Crippen molar-refractivity contribution >= 4 is 23.5 Å². The normalized spacial score (nSPS) is 23.5. The summed E-state index contributed by atoms with van der Waals surface area (Å²) < 4.78 is 14.5. The van der Waals surface area contributed by atoms with Gasteiger partial charge < -0.3 is 14.9 Å². The Kier molecular flexibility index (Phi) is 5.64. The lowest BCUT2D eigenvalue weighted by Gasteiger charge is -2.48. The Labute approximate surface area is 192 Å². The summed E-state index contributed by atoms with van der Waals surface area (Å²) in [5, 5.41) is 9.10. The number of halogens is 1. The average molecular weight is 451 g/mol. The number of amides is 2. The molecule has 1 heterocycles. The van der Waals surface area contributed by atoms with Gasteiger partial charge >= 0.3 is 5.97 Å². The topological polar surface area (TPSA) is 77.9 Å². The summed E-state index contributed by atoms with van der Waals surface area (Å²) in [6.45, 7) is 0. The van der Waals surface area contributed by atoms with Crippen molar-refractivity contribution in [3.63, 3.8) is 0 Å². The Morgan fingerprint density at radius 2 is 1.70 bits per heavy atom. The molecule has 0 aromatic heterocycles. The fraction of sp³-hybridized carbons (Fsp3) is 0.423. The molecule has 33 heavy (non-hydrogen) atoms. The second-order valence-corrected chi connectivity index (χ2v) is 9.25. The lowest BCUT2D eigenvalue weighted by molar-refractivity contribution is -0.142. The zero-order valence-electron chi connectivity index (χ0n) is 18.3. The zero-order valence-corrected chi connectivity index (χ0v) is 18.3. The number of anilines is 1. The molecule has 0 spiro atoms. The van der Waals surface area contributed by atoms with Gasteiger partial charge in [-0.25, -0.2) is 4.39 Å². The maximum absolute atomic E-state index is 14.5. The van der Waals surface area contributed by atoms with E-state index in [4.69, 9.17) is 5.11 Å². The van der Waals surface area contributed by atoms with E-state index in [1.54, 1.807) is 17.0 Å². The van der Waals surface area contributed by atoms with E-state index in [2.05, 4.69) is 0 Å². The molecule has 1 N–H and O–H groups in total. The molecule has 2 saturated carbocycles. The largest absolute Gasteiger partial charge is 0.481 e. The third kappa shape index (κ3) is 3.90. The molecule has 3 atom stereocenters. The highest BCUT2D eigenvalue weighted by Crippen LogP contribution is 2.52. The maximum Gasteiger partial charge on any atom is 0.303 e. The van der Waals surface area contributed by atoms with E-state index in [1.165, 1.54) is 12.1 Å². The van der Waals surface area contributed by atoms with Crippen LogP contribution in [0.5, 0.6) is 0 Å². The minimum atomic E-state index is -0.983. The van der Waals surface area contributed by atoms with E-state index in [1.807, 2.05) is 29.2 Å². The minimum Gasteiger partial charge on any atom is -0.481 e. The lowest BCUT2D eigenvalue weighted by Crippen LogP contribution is -2.53. The molecular formula is C26H27FN2O4. The molecule has 7 heteroatoms. The van der Waals surface area contributed by atoms with Gasteiger partial charge in [0.1, 0.15) is 5.82 Å². The number of hydrogen-bond donors (Lipinski definition) is 1. The third-order valence-electron chi connectivity index (χ3n) is 7.19. The predicted molar refractivity (Wildman–Crippen MR) is 120 cm³/mol. The highest BCUT2D eigenvalue weighted by Gasteiger charge is 2.51. The molecule has 2 aliphatic carbocycles. The van der Waals surface area contributed by atoms with Gasteiger partial charge in [-0.05, 0) is 49.4 Å². The number of hydrogen-bond acceptors (Lipinski definition) is 3. The Bertz CT molecular complexity index is 1100. The van der Waals surface area contributed by atoms with Gasteiger partial charge in [0.05, 0.1) is 18.0 Å². The van der Waals surface area contributed by atoms with Crippen LogP contribution in [0.4, 0.5) is 10.1 Å². The van der Waals surface area contributed by atoms with Gasteiger partial charge in [0.2, 0.25) is 5.91 Å². The number of carboxylic acid groups (broad SMARTS) is 1. The predicted octanol–water partition coefficient (Wildman–Crippen LogP) is 4.55. The molecule has 2 fully saturated rings. The van der Waals surface area contributed by atoms with E-state index in [-0.39, 0.29) is 54.3 Å². The summed E-state index contributed by atoms with van der Waals surface area (Å²) in [5.41, 5.74) is 1.66. The van der Waals surface area contributed by atoms with Crippen molar-refractivity contribution in [2.75, 3.05) is 4.90 Å². The SMILES string of the molecule is O=C(O)CCC(=O)N(C1CC1)[C@H]1c2ccccc2N(C(=O)c2ccccc2F)[C@@H]2CCC[C@@H]21. The highest BCUT2D eigenvalue weighted by atomic mass is 19.1. The van der Waals surface area contributed by atoms with E-state index < -0.39 is 11.8 Å². The first-order chi connectivity index (χ1) is 16.0. The Morgan fingerprint density at radius 1 is 0.970 bits per heavy atom. The van der Waals surface area contributed by atoms with Crippen molar-refractivity contribution in [3.05, 3.63) is 65.5 Å². The molecule has 3 aliphatic rings. The van der Waals surface area contributed by atoms with Gasteiger partial charge in [0.15, 0.2) is 0 Å². The van der Waals surface area contributed by atoms with Crippen LogP contribution in [0.15, 0.2) is 48.5 Å². The molecule has 172 valence electrons. The van der Waals surface area contributed by atoms with Crippen LogP contribution in [0, 0.1) is 11.7 Å². The molecule has 2 aromatic carbocycles. The number of carbonyl (C=O) groups is 3. The molecule has 2 aromatic rings. The number of nitrogens with zero attached hydrogens (tertiary/aromatic N) is 2. The Morgan fingerprint density at radius 3 is 2.42 bits per heavy atom. The monoisotopic (exact) mass is 450 g/mol. The first-order valence-corrected chi connectivity index (χ1v) is 11.7. The molecular weight excluding hydrogens is 423 g/mol. The van der Waals surface area contributed by atoms with Crippen LogP contribution in [0.2, 0.25) is 0 Å². The van der Waals surface area contributed by atoms with Gasteiger partial charge in [0.25, 0.3) is 5.91 Å². The fourth-order valence-electron chi connectivity index (χ4n) is 5.69. The van der Waals surface area contributed by atoms with Crippen LogP contribution in [-0.4, -0.2) is 39.9 Å². The first-order valence-electron chi connectivity index (χ1n) is 11.7. The van der Waals surface area contributed by atoms with Crippen LogP contribution in [0.25, 0.3) is 0 Å². The summed E-state index contributed by atoms with van der Waals surface area (Å²) >= 11 is 0. The summed E-state index contributed by atoms with van der Waals surface area (Å²) in [6, 6.07) is 13.4. The summed E-state index contributed by atoms with van der Waals surface area (Å²) in [5.74, 6) is -1.99. The van der Waals surface area contributed by atoms with Crippen LogP contribution >= 0.6 is 0 Å². The Balaban J connectivity index is 1.57. The van der Waals surface area contributed by atoms with Crippen molar-refractivity contribution in [3.8, 4) is 0 Å². The number of benzene rings is 2. The summed E-state index contributed by atoms with van der Waals surface area (Å²) in [7, 11) is 0. The fourth-order valence-corrected chi connectivity index (χ4v) is 5.69. The number of carboxylic acids is 1. The van der Waals surface area contributed by atoms with Crippen LogP contribution < -0.4 is 4.90 Å². The molecule has 0 bridgehead atoms. The van der Waals surface area contributed by atoms with Crippen molar-refractivity contribution in [1.29, 1.82) is 0 Å². The number of fused-ring (bicyclic) bond motifs is 2. The lowest BCUT2D eigenvalue weighted by atomic mass is 9.81. The average Bonchev–Trinajstić information content (AvgIpc) is 3.53. The maximum atomic E-state index is 14.5. The second kappa shape index (κ2) is 8.61. The standard InChI is InChI=1S/C26H27FN2O4/c27-20-9-3-1-6-17(20)26(33)29-21-10-4-2-7-18(21)25(19-8-5-11-22(19)29)28(16-12-13-16)23(30)14-15-24(31)32/h1-4,6-7,9-10,16,19,22,25H,5,8,11-15H2,(H,31,32)/t19-,22+,25-/m0/s1. The van der Waals surface area contributed by atoms with Gasteiger partial charge in [-0.3, -0.25) is 14.4 Å². The molecule has 0 unspecified atom stereocenters. The quantitative estimate of drug-likeness (QED) is 0.700. The van der Waals surface area contributed by atoms with E-state index in [0.29, 0.717) is 0 Å². The smallest absolute Gasteiger partial charge is 0.303 e. The molecule has 0 radical (unpaired) electrons. The van der Waals surface area contributed by atoms with Gasteiger partial charge in [-0.2, -0.15) is 0 Å². The number of carbonyl (C=O) groups excluding carboxylic acids is 2. The van der Waals surface area contributed by atoms with Crippen molar-refractivity contribution in [2.24, 2.45) is 5.92 Å².